The highest BCUT2D eigenvalue weighted by molar-refractivity contribution is 6.72. The maximum atomic E-state index is 16.4. The van der Waals surface area contributed by atoms with Crippen LogP contribution in [0.25, 0.3) is 0 Å². The molecular formula is C40H43FN4O5Si. The van der Waals surface area contributed by atoms with Gasteiger partial charge in [-0.15, -0.1) is 0 Å². The second-order valence-electron chi connectivity index (χ2n) is 14.5. The summed E-state index contributed by atoms with van der Waals surface area (Å²) in [4.78, 5) is 44.9. The molecule has 0 radical (unpaired) electrons. The SMILES string of the molecule is C[C@@H]1[C@@H]([Si](C)(C)F)[C@H](CC(=O)N2Cc3ccccc3C[C@H]2CO)O[C@@]12C(=O)N(Cc1ccc(NC(=O)c3ccc(N)cc3)cc1)c1ccccc12. The summed E-state index contributed by atoms with van der Waals surface area (Å²) < 4.78 is 23.2. The monoisotopic (exact) mass is 706 g/mol. The van der Waals surface area contributed by atoms with Gasteiger partial charge in [-0.05, 0) is 78.7 Å². The van der Waals surface area contributed by atoms with Crippen LogP contribution >= 0.6 is 0 Å². The summed E-state index contributed by atoms with van der Waals surface area (Å²) in [6.07, 6.45) is -0.376. The fourth-order valence-corrected chi connectivity index (χ4v) is 10.9. The normalized spacial score (nSPS) is 24.1. The minimum Gasteiger partial charge on any atom is -0.399 e. The van der Waals surface area contributed by atoms with E-state index in [1.807, 2.05) is 67.6 Å². The lowest BCUT2D eigenvalue weighted by atomic mass is 9.82. The van der Waals surface area contributed by atoms with Crippen molar-refractivity contribution >= 4 is 43.2 Å². The number of amides is 3. The predicted molar refractivity (Wildman–Crippen MR) is 197 cm³/mol. The Kier molecular flexibility index (Phi) is 9.07. The van der Waals surface area contributed by atoms with Crippen molar-refractivity contribution in [3.8, 4) is 0 Å². The minimum atomic E-state index is -3.49. The molecule has 0 aliphatic carbocycles. The number of hydrogen-bond acceptors (Lipinski definition) is 6. The summed E-state index contributed by atoms with van der Waals surface area (Å²) >= 11 is 0. The van der Waals surface area contributed by atoms with Gasteiger partial charge in [-0.25, -0.2) is 0 Å². The molecule has 4 aromatic rings. The molecular weight excluding hydrogens is 664 g/mol. The first-order valence-corrected chi connectivity index (χ1v) is 20.4. The molecule has 4 aromatic carbocycles. The summed E-state index contributed by atoms with van der Waals surface area (Å²) in [5.74, 6) is -1.31. The van der Waals surface area contributed by atoms with E-state index in [2.05, 4.69) is 5.32 Å². The number of aliphatic hydroxyl groups excluding tert-OH is 1. The second kappa shape index (κ2) is 13.4. The van der Waals surface area contributed by atoms with Gasteiger partial charge in [-0.1, -0.05) is 61.5 Å². The molecule has 5 atom stereocenters. The number of halogens is 1. The third kappa shape index (κ3) is 6.23. The number of fused-ring (bicyclic) bond motifs is 3. The number of carbonyl (C=O) groups excluding carboxylic acids is 3. The van der Waals surface area contributed by atoms with Crippen LogP contribution in [0.2, 0.25) is 18.6 Å². The molecule has 9 nitrogen and oxygen atoms in total. The number of ether oxygens (including phenoxy) is 1. The van der Waals surface area contributed by atoms with Gasteiger partial charge in [0, 0.05) is 40.5 Å². The number of nitrogen functional groups attached to an aromatic ring is 1. The van der Waals surface area contributed by atoms with E-state index in [4.69, 9.17) is 10.5 Å². The molecule has 7 rings (SSSR count). The molecule has 0 saturated carbocycles. The summed E-state index contributed by atoms with van der Waals surface area (Å²) in [7, 11) is -3.49. The zero-order valence-corrected chi connectivity index (χ0v) is 30.0. The number of hydrogen-bond donors (Lipinski definition) is 3. The van der Waals surface area contributed by atoms with Crippen molar-refractivity contribution in [1.82, 2.24) is 4.90 Å². The number of carbonyl (C=O) groups is 3. The zero-order valence-electron chi connectivity index (χ0n) is 29.0. The van der Waals surface area contributed by atoms with Gasteiger partial charge in [-0.3, -0.25) is 14.4 Å². The Morgan fingerprint density at radius 2 is 1.65 bits per heavy atom. The highest BCUT2D eigenvalue weighted by atomic mass is 28.4. The molecule has 1 spiro atoms. The summed E-state index contributed by atoms with van der Waals surface area (Å²) in [6, 6.07) is 28.9. The Balaban J connectivity index is 1.13. The number of nitrogens with zero attached hydrogens (tertiary/aromatic N) is 2. The molecule has 11 heteroatoms. The first-order chi connectivity index (χ1) is 24.4. The second-order valence-corrected chi connectivity index (χ2v) is 18.3. The Bertz CT molecular complexity index is 1970. The zero-order chi connectivity index (χ0) is 36.1. The van der Waals surface area contributed by atoms with Crippen LogP contribution in [0.5, 0.6) is 0 Å². The van der Waals surface area contributed by atoms with E-state index >= 15 is 4.11 Å². The quantitative estimate of drug-likeness (QED) is 0.114. The van der Waals surface area contributed by atoms with Gasteiger partial charge in [0.15, 0.2) is 5.60 Å². The number of aliphatic hydroxyl groups is 1. The van der Waals surface area contributed by atoms with Gasteiger partial charge in [0.05, 0.1) is 37.4 Å². The van der Waals surface area contributed by atoms with E-state index in [-0.39, 0.29) is 37.3 Å². The highest BCUT2D eigenvalue weighted by Gasteiger charge is 2.67. The van der Waals surface area contributed by atoms with E-state index in [1.54, 1.807) is 59.3 Å². The van der Waals surface area contributed by atoms with Gasteiger partial charge in [-0.2, -0.15) is 0 Å². The summed E-state index contributed by atoms with van der Waals surface area (Å²) in [5, 5.41) is 13.1. The van der Waals surface area contributed by atoms with Crippen LogP contribution in [-0.4, -0.2) is 54.9 Å². The summed E-state index contributed by atoms with van der Waals surface area (Å²) in [5.41, 5.74) is 9.63. The number of rotatable bonds is 8. The van der Waals surface area contributed by atoms with E-state index in [0.29, 0.717) is 41.2 Å². The molecule has 4 N–H and O–H groups in total. The van der Waals surface area contributed by atoms with Crippen LogP contribution in [0.4, 0.5) is 21.2 Å². The molecule has 1 saturated heterocycles. The number of benzene rings is 4. The van der Waals surface area contributed by atoms with Gasteiger partial charge in [0.2, 0.25) is 14.3 Å². The van der Waals surface area contributed by atoms with Crippen molar-refractivity contribution in [2.24, 2.45) is 5.92 Å². The molecule has 1 fully saturated rings. The molecule has 3 aliphatic rings. The molecule has 51 heavy (non-hydrogen) atoms. The van der Waals surface area contributed by atoms with Crippen LogP contribution in [0.1, 0.15) is 46.0 Å². The predicted octanol–water partition coefficient (Wildman–Crippen LogP) is 6.18. The fourth-order valence-electron chi connectivity index (χ4n) is 8.40. The van der Waals surface area contributed by atoms with Crippen LogP contribution in [-0.2, 0) is 39.4 Å². The highest BCUT2D eigenvalue weighted by Crippen LogP contribution is 2.60. The van der Waals surface area contributed by atoms with E-state index in [0.717, 1.165) is 16.7 Å². The number of anilines is 3. The van der Waals surface area contributed by atoms with Crippen LogP contribution in [0.15, 0.2) is 97.1 Å². The topological polar surface area (TPSA) is 125 Å². The van der Waals surface area contributed by atoms with Crippen molar-refractivity contribution in [2.75, 3.05) is 22.6 Å². The molecule has 0 unspecified atom stereocenters. The van der Waals surface area contributed by atoms with Crippen LogP contribution in [0, 0.1) is 5.92 Å². The van der Waals surface area contributed by atoms with Crippen molar-refractivity contribution < 1.29 is 28.3 Å². The third-order valence-corrected chi connectivity index (χ3v) is 13.3. The van der Waals surface area contributed by atoms with Crippen molar-refractivity contribution in [2.45, 2.75) is 69.2 Å². The van der Waals surface area contributed by atoms with Gasteiger partial charge < -0.3 is 34.8 Å². The average Bonchev–Trinajstić information content (AvgIpc) is 3.54. The summed E-state index contributed by atoms with van der Waals surface area (Å²) in [6.45, 7) is 5.53. The fraction of sp³-hybridized carbons (Fsp3) is 0.325. The van der Waals surface area contributed by atoms with Crippen LogP contribution < -0.4 is 16.0 Å². The Labute approximate surface area is 298 Å². The van der Waals surface area contributed by atoms with Gasteiger partial charge in [0.25, 0.3) is 11.8 Å². The first-order valence-electron chi connectivity index (χ1n) is 17.4. The number of para-hydroxylation sites is 1. The lowest BCUT2D eigenvalue weighted by Gasteiger charge is -2.37. The maximum Gasteiger partial charge on any atom is 0.264 e. The van der Waals surface area contributed by atoms with E-state index in [9.17, 15) is 19.5 Å². The maximum absolute atomic E-state index is 16.4. The molecule has 264 valence electrons. The lowest BCUT2D eigenvalue weighted by Crippen LogP contribution is -2.48. The molecule has 3 aliphatic heterocycles. The number of nitrogens with one attached hydrogen (secondary N) is 1. The Morgan fingerprint density at radius 1 is 0.980 bits per heavy atom. The Hall–Kier alpha value is -4.84. The van der Waals surface area contributed by atoms with Crippen molar-refractivity contribution in [1.29, 1.82) is 0 Å². The van der Waals surface area contributed by atoms with Crippen molar-refractivity contribution in [3.63, 3.8) is 0 Å². The molecule has 3 amide bonds. The molecule has 3 heterocycles. The smallest absolute Gasteiger partial charge is 0.264 e. The average molecular weight is 707 g/mol. The lowest BCUT2D eigenvalue weighted by molar-refractivity contribution is -0.151. The van der Waals surface area contributed by atoms with Gasteiger partial charge >= 0.3 is 0 Å². The van der Waals surface area contributed by atoms with Gasteiger partial charge in [0.1, 0.15) is 0 Å². The molecule has 0 bridgehead atoms. The van der Waals surface area contributed by atoms with Crippen LogP contribution in [0.3, 0.4) is 0 Å². The number of nitrogens with two attached hydrogens (primary N) is 1. The van der Waals surface area contributed by atoms with Crippen molar-refractivity contribution in [3.05, 3.63) is 125 Å². The first kappa shape index (κ1) is 34.6. The van der Waals surface area contributed by atoms with E-state index < -0.39 is 37.6 Å². The standard InChI is InChI=1S/C40H43FN4O5Si/c1-25-37(51(2,3)41)35(21-36(47)44-23-29-9-5-4-8-28(29)20-32(44)24-46)50-40(25)33-10-6-7-11-34(33)45(39(40)49)22-26-12-18-31(19-13-26)43-38(48)27-14-16-30(42)17-15-27/h4-19,25,32,35,37,46H,20-24,42H2,1-3H3,(H,43,48)/t25-,32+,35+,37-,40+/m1/s1. The molecule has 0 aromatic heterocycles. The third-order valence-electron chi connectivity index (χ3n) is 10.9. The largest absolute Gasteiger partial charge is 0.399 e. The Morgan fingerprint density at radius 3 is 2.33 bits per heavy atom. The van der Waals surface area contributed by atoms with E-state index in [1.165, 1.54) is 0 Å². The minimum absolute atomic E-state index is 0.0885.